The fraction of sp³-hybridized carbons (Fsp3) is 0. The van der Waals surface area contributed by atoms with Crippen molar-refractivity contribution in [3.63, 3.8) is 0 Å². The lowest BCUT2D eigenvalue weighted by Crippen LogP contribution is -1.94. The highest BCUT2D eigenvalue weighted by Crippen LogP contribution is 2.37. The summed E-state index contributed by atoms with van der Waals surface area (Å²) in [6.07, 6.45) is 0. The van der Waals surface area contributed by atoms with Crippen LogP contribution in [0.1, 0.15) is 0 Å². The molecule has 0 aliphatic carbocycles. The van der Waals surface area contributed by atoms with Gasteiger partial charge in [0.1, 0.15) is 11.5 Å². The molecule has 0 aliphatic heterocycles. The minimum Gasteiger partial charge on any atom is -0.455 e. The monoisotopic (exact) mass is 376 g/mol. The number of hydrogen-bond donors (Lipinski definition) is 1. The molecular formula is C12H7BrCl2N2O3. The predicted octanol–water partition coefficient (Wildman–Crippen LogP) is 5.04. The number of rotatable bonds is 3. The van der Waals surface area contributed by atoms with Gasteiger partial charge in [-0.05, 0) is 22.0 Å². The Morgan fingerprint density at radius 3 is 2.50 bits per heavy atom. The number of nitrogens with two attached hydrogens (primary N) is 1. The third kappa shape index (κ3) is 3.33. The zero-order valence-electron chi connectivity index (χ0n) is 9.77. The quantitative estimate of drug-likeness (QED) is 0.351. The van der Waals surface area contributed by atoms with Crippen LogP contribution in [0.3, 0.4) is 0 Å². The SMILES string of the molecule is Nc1cc(Oc2cc(Cl)c(Br)cc2Cl)cc([N+](=O)[O-])c1. The molecule has 2 rings (SSSR count). The van der Waals surface area contributed by atoms with Crippen molar-refractivity contribution in [3.05, 3.63) is 55.0 Å². The lowest BCUT2D eigenvalue weighted by molar-refractivity contribution is -0.384. The maximum Gasteiger partial charge on any atom is 0.275 e. The van der Waals surface area contributed by atoms with Crippen molar-refractivity contribution in [2.75, 3.05) is 5.73 Å². The molecule has 0 heterocycles. The highest BCUT2D eigenvalue weighted by molar-refractivity contribution is 9.10. The number of halogens is 3. The number of nitrogen functional groups attached to an aromatic ring is 1. The molecule has 0 saturated carbocycles. The van der Waals surface area contributed by atoms with Crippen LogP contribution in [0.4, 0.5) is 11.4 Å². The minimum atomic E-state index is -0.556. The van der Waals surface area contributed by atoms with Crippen LogP contribution < -0.4 is 10.5 Å². The van der Waals surface area contributed by atoms with Crippen LogP contribution in [0.25, 0.3) is 0 Å². The Morgan fingerprint density at radius 2 is 1.85 bits per heavy atom. The van der Waals surface area contributed by atoms with Crippen LogP contribution in [0.2, 0.25) is 10.0 Å². The van der Waals surface area contributed by atoms with Crippen LogP contribution >= 0.6 is 39.1 Å². The first-order valence-electron chi connectivity index (χ1n) is 5.24. The Hall–Kier alpha value is -1.50. The Labute approximate surface area is 132 Å². The fourth-order valence-electron chi connectivity index (χ4n) is 1.48. The highest BCUT2D eigenvalue weighted by Gasteiger charge is 2.12. The molecule has 5 nitrogen and oxygen atoms in total. The lowest BCUT2D eigenvalue weighted by atomic mass is 10.2. The first kappa shape index (κ1) is 14.9. The van der Waals surface area contributed by atoms with Gasteiger partial charge in [-0.25, -0.2) is 0 Å². The first-order chi connectivity index (χ1) is 9.36. The van der Waals surface area contributed by atoms with Gasteiger partial charge in [0.25, 0.3) is 5.69 Å². The maximum atomic E-state index is 10.8. The molecule has 8 heteroatoms. The summed E-state index contributed by atoms with van der Waals surface area (Å²) in [5, 5.41) is 11.5. The van der Waals surface area contributed by atoms with Crippen molar-refractivity contribution in [1.82, 2.24) is 0 Å². The number of ether oxygens (including phenoxy) is 1. The second-order valence-electron chi connectivity index (χ2n) is 3.82. The molecule has 2 N–H and O–H groups in total. The second kappa shape index (κ2) is 5.87. The topological polar surface area (TPSA) is 78.4 Å². The molecule has 0 aromatic heterocycles. The summed E-state index contributed by atoms with van der Waals surface area (Å²) in [5.41, 5.74) is 5.64. The lowest BCUT2D eigenvalue weighted by Gasteiger charge is -2.09. The Balaban J connectivity index is 2.40. The maximum absolute atomic E-state index is 10.8. The van der Waals surface area contributed by atoms with Gasteiger partial charge >= 0.3 is 0 Å². The van der Waals surface area contributed by atoms with E-state index in [1.165, 1.54) is 24.3 Å². The van der Waals surface area contributed by atoms with Gasteiger partial charge in [-0.3, -0.25) is 10.1 Å². The average molecular weight is 378 g/mol. The molecule has 0 aliphatic rings. The summed E-state index contributed by atoms with van der Waals surface area (Å²) < 4.78 is 6.12. The summed E-state index contributed by atoms with van der Waals surface area (Å²) in [5.74, 6) is 0.483. The van der Waals surface area contributed by atoms with Gasteiger partial charge in [0.2, 0.25) is 0 Å². The molecule has 20 heavy (non-hydrogen) atoms. The fourth-order valence-corrected chi connectivity index (χ4v) is 2.31. The van der Waals surface area contributed by atoms with E-state index in [9.17, 15) is 10.1 Å². The molecule has 0 spiro atoms. The Bertz CT molecular complexity index is 695. The molecule has 0 saturated heterocycles. The molecule has 2 aromatic carbocycles. The summed E-state index contributed by atoms with van der Waals surface area (Å²) in [7, 11) is 0. The smallest absolute Gasteiger partial charge is 0.275 e. The summed E-state index contributed by atoms with van der Waals surface area (Å²) in [4.78, 5) is 10.2. The standard InChI is InChI=1S/C12H7BrCl2N2O3/c13-9-4-11(15)12(5-10(9)14)20-8-2-6(16)1-7(3-8)17(18)19/h1-5H,16H2. The number of anilines is 1. The van der Waals surface area contributed by atoms with E-state index in [0.717, 1.165) is 0 Å². The number of benzene rings is 2. The van der Waals surface area contributed by atoms with Gasteiger partial charge in [-0.15, -0.1) is 0 Å². The number of nitro benzene ring substituents is 1. The van der Waals surface area contributed by atoms with E-state index in [4.69, 9.17) is 33.7 Å². The van der Waals surface area contributed by atoms with Gasteiger partial charge in [0.05, 0.1) is 21.0 Å². The van der Waals surface area contributed by atoms with Crippen LogP contribution in [0.5, 0.6) is 11.5 Å². The van der Waals surface area contributed by atoms with Crippen LogP contribution in [0, 0.1) is 10.1 Å². The van der Waals surface area contributed by atoms with Crippen molar-refractivity contribution in [1.29, 1.82) is 0 Å². The van der Waals surface area contributed by atoms with Crippen LogP contribution in [0.15, 0.2) is 34.8 Å². The Morgan fingerprint density at radius 1 is 1.15 bits per heavy atom. The summed E-state index contributed by atoms with van der Waals surface area (Å²) in [6, 6.07) is 7.02. The van der Waals surface area contributed by atoms with Crippen molar-refractivity contribution < 1.29 is 9.66 Å². The zero-order chi connectivity index (χ0) is 14.9. The van der Waals surface area contributed by atoms with Crippen molar-refractivity contribution >= 4 is 50.5 Å². The van der Waals surface area contributed by atoms with Gasteiger partial charge in [-0.1, -0.05) is 23.2 Å². The van der Waals surface area contributed by atoms with E-state index in [1.54, 1.807) is 6.07 Å². The van der Waals surface area contributed by atoms with Crippen LogP contribution in [-0.4, -0.2) is 4.92 Å². The minimum absolute atomic E-state index is 0.167. The molecule has 0 bridgehead atoms. The average Bonchev–Trinajstić information content (AvgIpc) is 2.35. The van der Waals surface area contributed by atoms with Crippen molar-refractivity contribution in [2.45, 2.75) is 0 Å². The van der Waals surface area contributed by atoms with Crippen LogP contribution in [-0.2, 0) is 0 Å². The molecule has 104 valence electrons. The van der Waals surface area contributed by atoms with E-state index >= 15 is 0 Å². The van der Waals surface area contributed by atoms with Crippen molar-refractivity contribution in [3.8, 4) is 11.5 Å². The van der Waals surface area contributed by atoms with Crippen molar-refractivity contribution in [2.24, 2.45) is 0 Å². The number of non-ortho nitro benzene ring substituents is 1. The normalized spacial score (nSPS) is 10.3. The largest absolute Gasteiger partial charge is 0.455 e. The van der Waals surface area contributed by atoms with E-state index in [0.29, 0.717) is 14.5 Å². The van der Waals surface area contributed by atoms with Gasteiger partial charge in [0.15, 0.2) is 0 Å². The van der Waals surface area contributed by atoms with E-state index < -0.39 is 4.92 Å². The third-order valence-corrected chi connectivity index (χ3v) is 3.82. The van der Waals surface area contributed by atoms with E-state index in [2.05, 4.69) is 15.9 Å². The Kier molecular flexibility index (Phi) is 4.37. The van der Waals surface area contributed by atoms with E-state index in [-0.39, 0.29) is 22.9 Å². The molecule has 0 amide bonds. The molecule has 0 unspecified atom stereocenters. The predicted molar refractivity (Wildman–Crippen MR) is 81.7 cm³/mol. The zero-order valence-corrected chi connectivity index (χ0v) is 12.9. The van der Waals surface area contributed by atoms with Gasteiger partial charge < -0.3 is 10.5 Å². The second-order valence-corrected chi connectivity index (χ2v) is 5.48. The molecule has 0 atom stereocenters. The summed E-state index contributed by atoms with van der Waals surface area (Å²) >= 11 is 15.2. The number of hydrogen-bond acceptors (Lipinski definition) is 4. The summed E-state index contributed by atoms with van der Waals surface area (Å²) in [6.45, 7) is 0. The molecule has 0 fully saturated rings. The molecule has 2 aromatic rings. The van der Waals surface area contributed by atoms with Gasteiger partial charge in [-0.2, -0.15) is 0 Å². The first-order valence-corrected chi connectivity index (χ1v) is 6.79. The molecule has 0 radical (unpaired) electrons. The highest BCUT2D eigenvalue weighted by atomic mass is 79.9. The molecular weight excluding hydrogens is 371 g/mol. The number of nitro groups is 1. The third-order valence-electron chi connectivity index (χ3n) is 2.33. The van der Waals surface area contributed by atoms with E-state index in [1.807, 2.05) is 0 Å². The number of nitrogens with zero attached hydrogens (tertiary/aromatic N) is 1. The van der Waals surface area contributed by atoms with Gasteiger partial charge in [0, 0.05) is 28.4 Å².